The molecule has 1 fully saturated rings. The highest BCUT2D eigenvalue weighted by molar-refractivity contribution is 14.1. The number of rotatable bonds is 7. The number of carbonyl (C=O) groups is 2. The Morgan fingerprint density at radius 1 is 1.23 bits per heavy atom. The van der Waals surface area contributed by atoms with E-state index in [1.165, 1.54) is 0 Å². The standard InChI is InChI=1S/C23H21IN2O4S/c1-29-18-9-7-16(8-10-18)13-30-23(28)20-17(11-24)14-31-22-19(21(27)26(20)22)25-12-15-5-3-2-4-6-15/h2-10,12,19,22H,11,13-14H2,1H3/t19?,22-/m1/s1. The third-order valence-corrected chi connectivity index (χ3v) is 7.33. The molecule has 0 spiro atoms. The molecule has 2 heterocycles. The van der Waals surface area contributed by atoms with Gasteiger partial charge in [0.15, 0.2) is 6.04 Å². The Hall–Kier alpha value is -2.33. The number of alkyl halides is 1. The number of hydrogen-bond donors (Lipinski definition) is 0. The Bertz CT molecular complexity index is 1020. The molecule has 160 valence electrons. The molecule has 1 unspecified atom stereocenters. The lowest BCUT2D eigenvalue weighted by atomic mass is 10.0. The molecular weight excluding hydrogens is 527 g/mol. The molecule has 0 aromatic heterocycles. The van der Waals surface area contributed by atoms with Crippen LogP contribution in [0.25, 0.3) is 0 Å². The van der Waals surface area contributed by atoms with Crippen LogP contribution in [0.2, 0.25) is 0 Å². The molecular formula is C23H21IN2O4S. The van der Waals surface area contributed by atoms with Crippen molar-refractivity contribution in [1.29, 1.82) is 0 Å². The van der Waals surface area contributed by atoms with Crippen LogP contribution in [0.4, 0.5) is 0 Å². The summed E-state index contributed by atoms with van der Waals surface area (Å²) in [6, 6.07) is 16.5. The lowest BCUT2D eigenvalue weighted by Crippen LogP contribution is -2.64. The van der Waals surface area contributed by atoms with E-state index in [4.69, 9.17) is 9.47 Å². The quantitative estimate of drug-likeness (QED) is 0.173. The maximum atomic E-state index is 12.9. The molecule has 31 heavy (non-hydrogen) atoms. The van der Waals surface area contributed by atoms with E-state index in [2.05, 4.69) is 27.6 Å². The van der Waals surface area contributed by atoms with Gasteiger partial charge in [-0.3, -0.25) is 14.7 Å². The molecule has 0 aliphatic carbocycles. The number of benzene rings is 2. The molecule has 2 aliphatic rings. The summed E-state index contributed by atoms with van der Waals surface area (Å²) >= 11 is 3.86. The Morgan fingerprint density at radius 3 is 2.65 bits per heavy atom. The molecule has 6 nitrogen and oxygen atoms in total. The maximum Gasteiger partial charge on any atom is 0.355 e. The number of hydrogen-bond acceptors (Lipinski definition) is 6. The first-order chi connectivity index (χ1) is 15.1. The van der Waals surface area contributed by atoms with Crippen LogP contribution >= 0.6 is 34.4 Å². The van der Waals surface area contributed by atoms with Gasteiger partial charge in [0.1, 0.15) is 23.4 Å². The fourth-order valence-corrected chi connectivity index (χ4v) is 5.74. The highest BCUT2D eigenvalue weighted by Gasteiger charge is 2.53. The summed E-state index contributed by atoms with van der Waals surface area (Å²) in [5.41, 5.74) is 3.09. The van der Waals surface area contributed by atoms with Crippen molar-refractivity contribution in [3.63, 3.8) is 0 Å². The number of amides is 1. The monoisotopic (exact) mass is 548 g/mol. The number of nitrogens with zero attached hydrogens (tertiary/aromatic N) is 2. The van der Waals surface area contributed by atoms with Gasteiger partial charge in [0, 0.05) is 16.4 Å². The summed E-state index contributed by atoms with van der Waals surface area (Å²) in [7, 11) is 1.60. The lowest BCUT2D eigenvalue weighted by Gasteiger charge is -2.48. The summed E-state index contributed by atoms with van der Waals surface area (Å²) in [6.45, 7) is 0.135. The van der Waals surface area contributed by atoms with Crippen molar-refractivity contribution in [1.82, 2.24) is 4.90 Å². The van der Waals surface area contributed by atoms with Crippen LogP contribution in [0.15, 0.2) is 70.9 Å². The maximum absolute atomic E-state index is 12.9. The second-order valence-electron chi connectivity index (χ2n) is 7.05. The fraction of sp³-hybridized carbons (Fsp3) is 0.261. The smallest absolute Gasteiger partial charge is 0.355 e. The summed E-state index contributed by atoms with van der Waals surface area (Å²) in [6.07, 6.45) is 1.72. The van der Waals surface area contributed by atoms with E-state index in [-0.39, 0.29) is 17.9 Å². The van der Waals surface area contributed by atoms with Crippen molar-refractivity contribution in [3.8, 4) is 5.75 Å². The van der Waals surface area contributed by atoms with E-state index in [0.717, 1.165) is 22.4 Å². The molecule has 0 radical (unpaired) electrons. The van der Waals surface area contributed by atoms with Crippen LogP contribution in [0, 0.1) is 0 Å². The zero-order valence-electron chi connectivity index (χ0n) is 16.9. The lowest BCUT2D eigenvalue weighted by molar-refractivity contribution is -0.151. The Balaban J connectivity index is 1.46. The minimum absolute atomic E-state index is 0.135. The minimum atomic E-state index is -0.481. The van der Waals surface area contributed by atoms with Crippen LogP contribution in [-0.2, 0) is 20.9 Å². The SMILES string of the molecule is COc1ccc(COC(=O)C2=C(CI)CS[C@@H]3C(N=Cc4ccccc4)C(=O)N23)cc1. The second-order valence-corrected chi connectivity index (χ2v) is 8.92. The number of methoxy groups -OCH3 is 1. The van der Waals surface area contributed by atoms with Gasteiger partial charge in [-0.2, -0.15) is 0 Å². The topological polar surface area (TPSA) is 68.2 Å². The summed E-state index contributed by atoms with van der Waals surface area (Å²) in [5, 5.41) is -0.178. The predicted molar refractivity (Wildman–Crippen MR) is 130 cm³/mol. The molecule has 0 saturated carbocycles. The number of β-lactam (4-membered cyclic amide) rings is 1. The minimum Gasteiger partial charge on any atom is -0.497 e. The van der Waals surface area contributed by atoms with Crippen LogP contribution < -0.4 is 4.74 Å². The van der Waals surface area contributed by atoms with Gasteiger partial charge in [-0.25, -0.2) is 4.79 Å². The Morgan fingerprint density at radius 2 is 1.97 bits per heavy atom. The first kappa shape index (κ1) is 21.9. The van der Waals surface area contributed by atoms with Crippen molar-refractivity contribution >= 4 is 52.4 Å². The third kappa shape index (κ3) is 4.64. The van der Waals surface area contributed by atoms with E-state index < -0.39 is 12.0 Å². The fourth-order valence-electron chi connectivity index (χ4n) is 3.40. The highest BCUT2D eigenvalue weighted by Crippen LogP contribution is 2.42. The number of fused-ring (bicyclic) bond motifs is 1. The van der Waals surface area contributed by atoms with E-state index in [9.17, 15) is 9.59 Å². The molecule has 2 atom stereocenters. The average molecular weight is 548 g/mol. The van der Waals surface area contributed by atoms with E-state index >= 15 is 0 Å². The van der Waals surface area contributed by atoms with Crippen molar-refractivity contribution in [2.75, 3.05) is 17.3 Å². The van der Waals surface area contributed by atoms with Crippen molar-refractivity contribution in [2.45, 2.75) is 18.0 Å². The average Bonchev–Trinajstić information content (AvgIpc) is 2.82. The molecule has 0 bridgehead atoms. The van der Waals surface area contributed by atoms with Crippen LogP contribution in [0.5, 0.6) is 5.75 Å². The van der Waals surface area contributed by atoms with Gasteiger partial charge in [0.05, 0.1) is 7.11 Å². The van der Waals surface area contributed by atoms with Gasteiger partial charge >= 0.3 is 5.97 Å². The molecule has 1 amide bonds. The molecule has 1 saturated heterocycles. The van der Waals surface area contributed by atoms with Crippen LogP contribution in [0.3, 0.4) is 0 Å². The summed E-state index contributed by atoms with van der Waals surface area (Å²) in [4.78, 5) is 31.9. The first-order valence-electron chi connectivity index (χ1n) is 9.73. The largest absolute Gasteiger partial charge is 0.497 e. The number of ether oxygens (including phenoxy) is 2. The van der Waals surface area contributed by atoms with Gasteiger partial charge < -0.3 is 9.47 Å². The molecule has 2 aromatic rings. The van der Waals surface area contributed by atoms with Gasteiger partial charge in [-0.05, 0) is 28.8 Å². The zero-order chi connectivity index (χ0) is 21.8. The van der Waals surface area contributed by atoms with Crippen molar-refractivity contribution in [2.24, 2.45) is 4.99 Å². The Kier molecular flexibility index (Phi) is 6.96. The van der Waals surface area contributed by atoms with Crippen LogP contribution in [0.1, 0.15) is 11.1 Å². The number of thioether (sulfide) groups is 1. The zero-order valence-corrected chi connectivity index (χ0v) is 19.8. The molecule has 2 aromatic carbocycles. The molecule has 4 rings (SSSR count). The summed E-state index contributed by atoms with van der Waals surface area (Å²) < 4.78 is 11.4. The number of halogens is 1. The van der Waals surface area contributed by atoms with E-state index in [0.29, 0.717) is 15.9 Å². The summed E-state index contributed by atoms with van der Waals surface area (Å²) in [5.74, 6) is 0.794. The molecule has 0 N–H and O–H groups in total. The van der Waals surface area contributed by atoms with Crippen LogP contribution in [-0.4, -0.2) is 51.7 Å². The Labute approximate surface area is 198 Å². The molecule has 8 heteroatoms. The third-order valence-electron chi connectivity index (χ3n) is 5.09. The number of esters is 1. The van der Waals surface area contributed by atoms with E-state index in [1.807, 2.05) is 54.6 Å². The van der Waals surface area contributed by atoms with Gasteiger partial charge in [-0.15, -0.1) is 11.8 Å². The second kappa shape index (κ2) is 9.86. The normalized spacial score (nSPS) is 20.5. The van der Waals surface area contributed by atoms with Crippen molar-refractivity contribution in [3.05, 3.63) is 77.0 Å². The van der Waals surface area contributed by atoms with Gasteiger partial charge in [-0.1, -0.05) is 65.1 Å². The van der Waals surface area contributed by atoms with Crippen molar-refractivity contribution < 1.29 is 19.1 Å². The van der Waals surface area contributed by atoms with E-state index in [1.54, 1.807) is 30.0 Å². The first-order valence-corrected chi connectivity index (χ1v) is 12.3. The highest BCUT2D eigenvalue weighted by atomic mass is 127. The molecule has 2 aliphatic heterocycles. The van der Waals surface area contributed by atoms with Gasteiger partial charge in [0.25, 0.3) is 5.91 Å². The predicted octanol–water partition coefficient (Wildman–Crippen LogP) is 3.83. The number of carbonyl (C=O) groups excluding carboxylic acids is 2. The van der Waals surface area contributed by atoms with Gasteiger partial charge in [0.2, 0.25) is 0 Å². The number of aliphatic imine (C=N–C) groups is 1.